The molecule has 0 aliphatic carbocycles. The molecule has 0 amide bonds. The SMILES string of the molecule is Cc1c(C)c2c(c(C)c1O)CCC(C)(CCOc1cc(Cn3ccnc3)ccc1C=CC(=O)O)O2.Cl. The average molecular weight is 513 g/mol. The number of carboxylic acid groups (broad SMARTS) is 1. The first-order valence-corrected chi connectivity index (χ1v) is 11.8. The summed E-state index contributed by atoms with van der Waals surface area (Å²) in [6, 6.07) is 5.78. The summed E-state index contributed by atoms with van der Waals surface area (Å²) >= 11 is 0. The summed E-state index contributed by atoms with van der Waals surface area (Å²) in [6.45, 7) is 9.00. The number of hydrogen-bond acceptors (Lipinski definition) is 5. The van der Waals surface area contributed by atoms with Crippen LogP contribution in [-0.4, -0.2) is 37.9 Å². The van der Waals surface area contributed by atoms with E-state index >= 15 is 0 Å². The second-order valence-corrected chi connectivity index (χ2v) is 9.46. The van der Waals surface area contributed by atoms with Crippen molar-refractivity contribution >= 4 is 24.5 Å². The van der Waals surface area contributed by atoms with Gasteiger partial charge in [0.05, 0.1) is 12.9 Å². The third kappa shape index (κ3) is 5.85. The Labute approximate surface area is 217 Å². The third-order valence-electron chi connectivity index (χ3n) is 6.89. The molecule has 0 saturated carbocycles. The van der Waals surface area contributed by atoms with Crippen LogP contribution in [0.25, 0.3) is 6.08 Å². The topological polar surface area (TPSA) is 93.8 Å². The number of halogens is 1. The molecule has 0 fully saturated rings. The lowest BCUT2D eigenvalue weighted by atomic mass is 9.86. The minimum atomic E-state index is -1.01. The Morgan fingerprint density at radius 2 is 2.03 bits per heavy atom. The summed E-state index contributed by atoms with van der Waals surface area (Å²) in [7, 11) is 0. The van der Waals surface area contributed by atoms with Gasteiger partial charge in [0.25, 0.3) is 0 Å². The van der Waals surface area contributed by atoms with E-state index in [4.69, 9.17) is 14.6 Å². The van der Waals surface area contributed by atoms with E-state index in [1.807, 2.05) is 49.7 Å². The van der Waals surface area contributed by atoms with Crippen LogP contribution >= 0.6 is 12.4 Å². The number of benzene rings is 2. The Hall–Kier alpha value is -3.45. The molecule has 0 saturated heterocycles. The van der Waals surface area contributed by atoms with Gasteiger partial charge in [0, 0.05) is 42.6 Å². The highest BCUT2D eigenvalue weighted by molar-refractivity contribution is 5.86. The number of imidazole rings is 1. The van der Waals surface area contributed by atoms with Crippen molar-refractivity contribution in [2.75, 3.05) is 6.61 Å². The highest BCUT2D eigenvalue weighted by Crippen LogP contribution is 2.44. The fraction of sp³-hybridized carbons (Fsp3) is 0.357. The van der Waals surface area contributed by atoms with Gasteiger partial charge in [0.15, 0.2) is 0 Å². The zero-order valence-corrected chi connectivity index (χ0v) is 21.9. The molecule has 2 heterocycles. The van der Waals surface area contributed by atoms with E-state index in [-0.39, 0.29) is 12.4 Å². The van der Waals surface area contributed by atoms with Crippen LogP contribution in [0, 0.1) is 20.8 Å². The summed E-state index contributed by atoms with van der Waals surface area (Å²) < 4.78 is 14.7. The van der Waals surface area contributed by atoms with Gasteiger partial charge in [0.2, 0.25) is 0 Å². The number of carboxylic acids is 1. The maximum absolute atomic E-state index is 11.1. The molecule has 4 rings (SSSR count). The fourth-order valence-electron chi connectivity index (χ4n) is 4.54. The molecule has 1 atom stereocenters. The molecule has 192 valence electrons. The monoisotopic (exact) mass is 512 g/mol. The quantitative estimate of drug-likeness (QED) is 0.380. The number of carbonyl (C=O) groups is 1. The number of aromatic hydroxyl groups is 1. The van der Waals surface area contributed by atoms with E-state index in [1.54, 1.807) is 18.6 Å². The number of ether oxygens (including phenoxy) is 2. The number of hydrogen-bond donors (Lipinski definition) is 2. The number of nitrogens with zero attached hydrogens (tertiary/aromatic N) is 2. The van der Waals surface area contributed by atoms with Crippen molar-refractivity contribution < 1.29 is 24.5 Å². The second-order valence-electron chi connectivity index (χ2n) is 9.46. The molecular formula is C28H33ClN2O5. The highest BCUT2D eigenvalue weighted by atomic mass is 35.5. The Bertz CT molecular complexity index is 1270. The first-order chi connectivity index (χ1) is 16.7. The number of phenols is 1. The van der Waals surface area contributed by atoms with Crippen molar-refractivity contribution in [2.24, 2.45) is 0 Å². The Kier molecular flexibility index (Phi) is 8.35. The Balaban J connectivity index is 0.00000361. The maximum Gasteiger partial charge on any atom is 0.328 e. The van der Waals surface area contributed by atoms with Gasteiger partial charge in [-0.3, -0.25) is 0 Å². The third-order valence-corrected chi connectivity index (χ3v) is 6.89. The molecule has 1 aromatic heterocycles. The van der Waals surface area contributed by atoms with Crippen molar-refractivity contribution in [1.29, 1.82) is 0 Å². The van der Waals surface area contributed by atoms with E-state index in [0.29, 0.717) is 36.6 Å². The van der Waals surface area contributed by atoms with Gasteiger partial charge in [0.1, 0.15) is 22.8 Å². The Morgan fingerprint density at radius 3 is 2.72 bits per heavy atom. The lowest BCUT2D eigenvalue weighted by Gasteiger charge is -2.38. The average Bonchev–Trinajstić information content (AvgIpc) is 3.33. The summed E-state index contributed by atoms with van der Waals surface area (Å²) in [5.41, 5.74) is 5.14. The first-order valence-electron chi connectivity index (χ1n) is 11.8. The van der Waals surface area contributed by atoms with E-state index in [2.05, 4.69) is 11.9 Å². The van der Waals surface area contributed by atoms with Crippen LogP contribution in [0.5, 0.6) is 17.2 Å². The molecule has 1 unspecified atom stereocenters. The predicted octanol–water partition coefficient (Wildman–Crippen LogP) is 5.63. The predicted molar refractivity (Wildman–Crippen MR) is 141 cm³/mol. The molecule has 3 aromatic rings. The Morgan fingerprint density at radius 1 is 1.25 bits per heavy atom. The maximum atomic E-state index is 11.1. The zero-order valence-electron chi connectivity index (χ0n) is 21.1. The van der Waals surface area contributed by atoms with Gasteiger partial charge < -0.3 is 24.3 Å². The first kappa shape index (κ1) is 27.1. The summed E-state index contributed by atoms with van der Waals surface area (Å²) in [5, 5.41) is 19.5. The van der Waals surface area contributed by atoms with Crippen LogP contribution in [0.3, 0.4) is 0 Å². The smallest absolute Gasteiger partial charge is 0.328 e. The molecular weight excluding hydrogens is 480 g/mol. The van der Waals surface area contributed by atoms with Crippen LogP contribution in [-0.2, 0) is 17.8 Å². The highest BCUT2D eigenvalue weighted by Gasteiger charge is 2.34. The van der Waals surface area contributed by atoms with Crippen molar-refractivity contribution in [3.63, 3.8) is 0 Å². The number of aliphatic carboxylic acids is 1. The standard InChI is InChI=1S/C28H32N2O5.ClH/c1-18-19(2)27-23(20(3)26(18)33)9-10-28(4,35-27)11-14-34-24-15-21(16-30-13-12-29-17-30)5-6-22(24)7-8-25(31)32;/h5-8,12-13,15,17,33H,9-11,14,16H2,1-4H3,(H,31,32);1H. The summed E-state index contributed by atoms with van der Waals surface area (Å²) in [4.78, 5) is 15.1. The number of rotatable bonds is 8. The van der Waals surface area contributed by atoms with Crippen molar-refractivity contribution in [1.82, 2.24) is 9.55 Å². The molecule has 0 spiro atoms. The second kappa shape index (κ2) is 11.1. The summed E-state index contributed by atoms with van der Waals surface area (Å²) in [5.74, 6) is 0.855. The molecule has 0 radical (unpaired) electrons. The van der Waals surface area contributed by atoms with Crippen LogP contribution in [0.15, 0.2) is 43.0 Å². The van der Waals surface area contributed by atoms with Gasteiger partial charge in [-0.05, 0) is 74.9 Å². The molecule has 2 N–H and O–H groups in total. The van der Waals surface area contributed by atoms with Crippen LogP contribution < -0.4 is 9.47 Å². The fourth-order valence-corrected chi connectivity index (χ4v) is 4.54. The molecule has 36 heavy (non-hydrogen) atoms. The van der Waals surface area contributed by atoms with Crippen molar-refractivity contribution in [3.05, 3.63) is 76.4 Å². The number of phenolic OH excluding ortho intramolecular Hbond substituents is 1. The largest absolute Gasteiger partial charge is 0.507 e. The molecule has 0 bridgehead atoms. The van der Waals surface area contributed by atoms with Crippen LogP contribution in [0.1, 0.15) is 53.1 Å². The minimum absolute atomic E-state index is 0. The van der Waals surface area contributed by atoms with E-state index < -0.39 is 11.6 Å². The number of aromatic nitrogens is 2. The van der Waals surface area contributed by atoms with Gasteiger partial charge >= 0.3 is 5.97 Å². The van der Waals surface area contributed by atoms with E-state index in [0.717, 1.165) is 52.5 Å². The van der Waals surface area contributed by atoms with E-state index in [1.165, 1.54) is 0 Å². The van der Waals surface area contributed by atoms with Crippen molar-refractivity contribution in [3.8, 4) is 17.2 Å². The lowest BCUT2D eigenvalue weighted by Crippen LogP contribution is -2.38. The molecule has 7 nitrogen and oxygen atoms in total. The molecule has 8 heteroatoms. The van der Waals surface area contributed by atoms with Crippen molar-refractivity contribution in [2.45, 2.75) is 59.1 Å². The van der Waals surface area contributed by atoms with Crippen LogP contribution in [0.4, 0.5) is 0 Å². The van der Waals surface area contributed by atoms with Gasteiger partial charge in [-0.1, -0.05) is 12.1 Å². The molecule has 2 aromatic carbocycles. The normalized spacial score (nSPS) is 16.8. The van der Waals surface area contributed by atoms with Gasteiger partial charge in [-0.25, -0.2) is 9.78 Å². The van der Waals surface area contributed by atoms with Crippen LogP contribution in [0.2, 0.25) is 0 Å². The molecule has 1 aliphatic heterocycles. The number of fused-ring (bicyclic) bond motifs is 1. The van der Waals surface area contributed by atoms with Gasteiger partial charge in [-0.15, -0.1) is 12.4 Å². The van der Waals surface area contributed by atoms with E-state index in [9.17, 15) is 9.90 Å². The lowest BCUT2D eigenvalue weighted by molar-refractivity contribution is -0.131. The minimum Gasteiger partial charge on any atom is -0.507 e. The molecule has 1 aliphatic rings. The zero-order chi connectivity index (χ0) is 25.2. The van der Waals surface area contributed by atoms with Gasteiger partial charge in [-0.2, -0.15) is 0 Å². The summed E-state index contributed by atoms with van der Waals surface area (Å²) in [6.07, 6.45) is 10.4.